The molecule has 6 heteroatoms. The van der Waals surface area contributed by atoms with Crippen LogP contribution in [0, 0.1) is 11.3 Å². The highest BCUT2D eigenvalue weighted by molar-refractivity contribution is 5.91. The third-order valence-electron chi connectivity index (χ3n) is 2.00. The van der Waals surface area contributed by atoms with Crippen LogP contribution in [0.3, 0.4) is 0 Å². The molecule has 1 amide bonds. The monoisotopic (exact) mass is 221 g/mol. The predicted molar refractivity (Wildman–Crippen MR) is 58.5 cm³/mol. The number of unbranched alkanes of at least 4 members (excludes halogenated alkanes) is 1. The number of rotatable bonds is 6. The highest BCUT2D eigenvalue weighted by Crippen LogP contribution is 1.96. The first-order chi connectivity index (χ1) is 7.77. The molecule has 16 heavy (non-hydrogen) atoms. The Kier molecular flexibility index (Phi) is 5.02. The van der Waals surface area contributed by atoms with Gasteiger partial charge < -0.3 is 15.6 Å². The number of nitrogens with one attached hydrogen (secondary N) is 1. The lowest BCUT2D eigenvalue weighted by Crippen LogP contribution is -2.24. The zero-order valence-electron chi connectivity index (χ0n) is 9.02. The van der Waals surface area contributed by atoms with Crippen molar-refractivity contribution in [3.63, 3.8) is 0 Å². The summed E-state index contributed by atoms with van der Waals surface area (Å²) < 4.78 is 1.77. The number of hydrogen-bond acceptors (Lipinski definition) is 4. The molecule has 0 spiro atoms. The molecule has 0 bridgehead atoms. The Morgan fingerprint density at radius 1 is 1.69 bits per heavy atom. The van der Waals surface area contributed by atoms with E-state index in [1.54, 1.807) is 17.1 Å². The van der Waals surface area contributed by atoms with Crippen LogP contribution in [0.2, 0.25) is 0 Å². The Bertz CT molecular complexity index is 379. The molecular formula is C10H15N5O. The van der Waals surface area contributed by atoms with Crippen LogP contribution in [-0.4, -0.2) is 28.5 Å². The van der Waals surface area contributed by atoms with Crippen LogP contribution in [0.15, 0.2) is 12.5 Å². The van der Waals surface area contributed by atoms with Gasteiger partial charge in [-0.1, -0.05) is 0 Å². The fourth-order valence-electron chi connectivity index (χ4n) is 1.21. The number of nitriles is 1. The van der Waals surface area contributed by atoms with Crippen molar-refractivity contribution in [3.8, 4) is 6.07 Å². The third kappa shape index (κ3) is 3.71. The van der Waals surface area contributed by atoms with Crippen LogP contribution in [0.4, 0.5) is 0 Å². The van der Waals surface area contributed by atoms with Crippen molar-refractivity contribution in [3.05, 3.63) is 18.2 Å². The highest BCUT2D eigenvalue weighted by atomic mass is 16.1. The normalized spacial score (nSPS) is 9.75. The number of carbonyl (C=O) groups excluding carboxylic acids is 1. The van der Waals surface area contributed by atoms with E-state index >= 15 is 0 Å². The van der Waals surface area contributed by atoms with Crippen LogP contribution < -0.4 is 11.1 Å². The molecule has 0 radical (unpaired) electrons. The molecule has 1 aromatic rings. The number of hydrogen-bond donors (Lipinski definition) is 2. The maximum atomic E-state index is 11.5. The predicted octanol–water partition coefficient (Wildman–Crippen LogP) is -0.125. The topological polar surface area (TPSA) is 96.7 Å². The summed E-state index contributed by atoms with van der Waals surface area (Å²) in [7, 11) is 0. The van der Waals surface area contributed by atoms with E-state index in [0.717, 1.165) is 0 Å². The summed E-state index contributed by atoms with van der Waals surface area (Å²) in [5.41, 5.74) is 5.76. The first-order valence-corrected chi connectivity index (χ1v) is 5.15. The minimum Gasteiger partial charge on any atom is -0.351 e. The Morgan fingerprint density at radius 2 is 2.50 bits per heavy atom. The summed E-state index contributed by atoms with van der Waals surface area (Å²) in [5, 5.41) is 11.0. The first-order valence-electron chi connectivity index (χ1n) is 5.15. The highest BCUT2D eigenvalue weighted by Gasteiger charge is 2.07. The van der Waals surface area contributed by atoms with E-state index in [4.69, 9.17) is 11.0 Å². The molecule has 0 fully saturated rings. The summed E-state index contributed by atoms with van der Waals surface area (Å²) >= 11 is 0. The molecule has 0 saturated carbocycles. The van der Waals surface area contributed by atoms with Gasteiger partial charge in [0.25, 0.3) is 5.91 Å². The van der Waals surface area contributed by atoms with Crippen molar-refractivity contribution in [1.82, 2.24) is 14.9 Å². The van der Waals surface area contributed by atoms with Gasteiger partial charge in [0.15, 0.2) is 0 Å². The second-order valence-corrected chi connectivity index (χ2v) is 3.30. The van der Waals surface area contributed by atoms with Crippen LogP contribution in [0.25, 0.3) is 0 Å². The lowest BCUT2D eigenvalue weighted by molar-refractivity contribution is 0.0948. The summed E-state index contributed by atoms with van der Waals surface area (Å²) in [6, 6.07) is 2.02. The molecule has 0 aliphatic heterocycles. The maximum Gasteiger partial charge on any atom is 0.271 e. The molecular weight excluding hydrogens is 206 g/mol. The molecule has 1 aromatic heterocycles. The number of nitrogens with two attached hydrogens (primary N) is 1. The van der Waals surface area contributed by atoms with Crippen LogP contribution in [-0.2, 0) is 6.54 Å². The van der Waals surface area contributed by atoms with Gasteiger partial charge in [-0.2, -0.15) is 5.26 Å². The third-order valence-corrected chi connectivity index (χ3v) is 2.00. The van der Waals surface area contributed by atoms with Crippen molar-refractivity contribution >= 4 is 5.91 Å². The van der Waals surface area contributed by atoms with Gasteiger partial charge in [0.05, 0.1) is 12.4 Å². The summed E-state index contributed by atoms with van der Waals surface area (Å²) in [5.74, 6) is -0.214. The molecule has 0 aliphatic rings. The zero-order valence-corrected chi connectivity index (χ0v) is 9.02. The Hall–Kier alpha value is -1.87. The lowest BCUT2D eigenvalue weighted by Gasteiger charge is -2.00. The largest absolute Gasteiger partial charge is 0.351 e. The van der Waals surface area contributed by atoms with Gasteiger partial charge in [0.1, 0.15) is 5.69 Å². The van der Waals surface area contributed by atoms with Crippen molar-refractivity contribution in [1.29, 1.82) is 5.26 Å². The van der Waals surface area contributed by atoms with E-state index in [9.17, 15) is 4.79 Å². The van der Waals surface area contributed by atoms with Crippen LogP contribution in [0.1, 0.15) is 23.3 Å². The molecule has 0 atom stereocenters. The molecule has 6 nitrogen and oxygen atoms in total. The average Bonchev–Trinajstić information content (AvgIpc) is 2.73. The minimum atomic E-state index is -0.214. The number of aromatic nitrogens is 2. The second-order valence-electron chi connectivity index (χ2n) is 3.30. The van der Waals surface area contributed by atoms with Crippen molar-refractivity contribution in [2.45, 2.75) is 19.4 Å². The molecule has 1 rings (SSSR count). The number of carbonyl (C=O) groups is 1. The second kappa shape index (κ2) is 6.58. The van der Waals surface area contributed by atoms with E-state index in [2.05, 4.69) is 10.3 Å². The van der Waals surface area contributed by atoms with Crippen molar-refractivity contribution in [2.75, 3.05) is 13.1 Å². The molecule has 0 aromatic carbocycles. The van der Waals surface area contributed by atoms with E-state index in [1.165, 1.54) is 0 Å². The van der Waals surface area contributed by atoms with E-state index in [1.807, 2.05) is 6.07 Å². The maximum absolute atomic E-state index is 11.5. The van der Waals surface area contributed by atoms with E-state index in [-0.39, 0.29) is 5.91 Å². The van der Waals surface area contributed by atoms with Gasteiger partial charge in [0, 0.05) is 32.3 Å². The molecule has 0 saturated heterocycles. The smallest absolute Gasteiger partial charge is 0.271 e. The van der Waals surface area contributed by atoms with E-state index < -0.39 is 0 Å². The zero-order chi connectivity index (χ0) is 11.8. The standard InChI is InChI=1S/C10H15N5O/c11-3-1-2-5-13-10(16)9-7-15(6-4-12)8-14-9/h7-8H,1-2,4-6,12H2,(H,13,16). The Balaban J connectivity index is 2.38. The Morgan fingerprint density at radius 3 is 3.19 bits per heavy atom. The van der Waals surface area contributed by atoms with Gasteiger partial charge in [-0.3, -0.25) is 4.79 Å². The lowest BCUT2D eigenvalue weighted by atomic mass is 10.3. The molecule has 0 aliphatic carbocycles. The van der Waals surface area contributed by atoms with Gasteiger partial charge in [-0.15, -0.1) is 0 Å². The summed E-state index contributed by atoms with van der Waals surface area (Å²) in [4.78, 5) is 15.5. The summed E-state index contributed by atoms with van der Waals surface area (Å²) in [6.45, 7) is 1.66. The Labute approximate surface area is 94.1 Å². The van der Waals surface area contributed by atoms with Crippen molar-refractivity contribution < 1.29 is 4.79 Å². The molecule has 1 heterocycles. The summed E-state index contributed by atoms with van der Waals surface area (Å²) in [6.07, 6.45) is 4.34. The number of nitrogens with zero attached hydrogens (tertiary/aromatic N) is 3. The average molecular weight is 221 g/mol. The quantitative estimate of drug-likeness (QED) is 0.654. The van der Waals surface area contributed by atoms with Crippen LogP contribution >= 0.6 is 0 Å². The van der Waals surface area contributed by atoms with Gasteiger partial charge in [0.2, 0.25) is 0 Å². The van der Waals surface area contributed by atoms with Gasteiger partial charge in [-0.05, 0) is 6.42 Å². The molecule has 0 unspecified atom stereocenters. The van der Waals surface area contributed by atoms with Gasteiger partial charge >= 0.3 is 0 Å². The fraction of sp³-hybridized carbons (Fsp3) is 0.500. The molecule has 86 valence electrons. The fourth-order valence-corrected chi connectivity index (χ4v) is 1.21. The first kappa shape index (κ1) is 12.2. The van der Waals surface area contributed by atoms with Crippen molar-refractivity contribution in [2.24, 2.45) is 5.73 Å². The number of imidazole rings is 1. The minimum absolute atomic E-state index is 0.214. The van der Waals surface area contributed by atoms with E-state index in [0.29, 0.717) is 38.2 Å². The van der Waals surface area contributed by atoms with Crippen LogP contribution in [0.5, 0.6) is 0 Å². The number of amides is 1. The van der Waals surface area contributed by atoms with Gasteiger partial charge in [-0.25, -0.2) is 4.98 Å². The molecule has 3 N–H and O–H groups in total. The SMILES string of the molecule is N#CCCCNC(=O)c1cn(CCN)cn1.